The lowest BCUT2D eigenvalue weighted by Gasteiger charge is -2.23. The van der Waals surface area contributed by atoms with Gasteiger partial charge in [-0.15, -0.1) is 0 Å². The van der Waals surface area contributed by atoms with Crippen LogP contribution in [0.2, 0.25) is 0 Å². The lowest BCUT2D eigenvalue weighted by atomic mass is 10.1. The third kappa shape index (κ3) is 1.15. The van der Waals surface area contributed by atoms with Crippen molar-refractivity contribution in [1.82, 2.24) is 4.70 Å². The van der Waals surface area contributed by atoms with Gasteiger partial charge in [0, 0.05) is 24.3 Å². The summed E-state index contributed by atoms with van der Waals surface area (Å²) in [6.07, 6.45) is 4.33. The van der Waals surface area contributed by atoms with E-state index in [1.54, 1.807) is 0 Å². The molecule has 5 heterocycles. The Morgan fingerprint density at radius 2 is 1.12 bits per heavy atom. The van der Waals surface area contributed by atoms with Crippen LogP contribution in [0.15, 0.2) is 85.2 Å². The second-order valence-corrected chi connectivity index (χ2v) is 6.87. The monoisotopic (exact) mass is 336 g/mol. The van der Waals surface area contributed by atoms with Crippen molar-refractivity contribution in [3.05, 3.63) is 85.2 Å². The second-order valence-electron chi connectivity index (χ2n) is 6.87. The minimum absolute atomic E-state index is 0.489. The van der Waals surface area contributed by atoms with Crippen LogP contribution in [0.3, 0.4) is 0 Å². The Hall–Kier alpha value is -3.50. The molecule has 0 radical (unpaired) electrons. The molecule has 4 heteroatoms. The van der Waals surface area contributed by atoms with Crippen molar-refractivity contribution in [3.8, 4) is 34.0 Å². The number of benzene rings is 2. The zero-order valence-electron chi connectivity index (χ0n) is 13.8. The van der Waals surface area contributed by atoms with E-state index < -0.39 is 0 Å². The Labute approximate surface area is 149 Å². The van der Waals surface area contributed by atoms with Crippen molar-refractivity contribution in [2.24, 2.45) is 0 Å². The first-order valence-electron chi connectivity index (χ1n) is 8.78. The van der Waals surface area contributed by atoms with E-state index in [0.29, 0.717) is 4.70 Å². The lowest BCUT2D eigenvalue weighted by Crippen LogP contribution is -2.81. The molecular formula is C22H14N3O+3. The molecule has 26 heavy (non-hydrogen) atoms. The Balaban J connectivity index is 1.81. The summed E-state index contributed by atoms with van der Waals surface area (Å²) in [6, 6.07) is 25.4. The van der Waals surface area contributed by atoms with Crippen molar-refractivity contribution >= 4 is 11.4 Å². The fourth-order valence-electron chi connectivity index (χ4n) is 4.83. The van der Waals surface area contributed by atoms with Crippen LogP contribution in [-0.4, -0.2) is 0 Å². The Bertz CT molecular complexity index is 1180. The molecule has 0 N–H and O–H groups in total. The van der Waals surface area contributed by atoms with Gasteiger partial charge < -0.3 is 4.74 Å². The first kappa shape index (κ1) is 12.8. The number of ether oxygens (including phenoxy) is 1. The van der Waals surface area contributed by atoms with Gasteiger partial charge in [0.1, 0.15) is 11.1 Å². The SMILES string of the molecule is c1cc2c3c(c1)-c1cccc[n+]1[N+]31c3c(cccc3-c3cccc[n+]31)O2. The molecule has 0 amide bonds. The molecule has 2 aromatic carbocycles. The summed E-state index contributed by atoms with van der Waals surface area (Å²) in [5.41, 5.74) is 7.17. The average Bonchev–Trinajstić information content (AvgIpc) is 3.17. The molecule has 4 aromatic rings. The highest BCUT2D eigenvalue weighted by molar-refractivity contribution is 5.92. The smallest absolute Gasteiger partial charge is 0.318 e. The Morgan fingerprint density at radius 1 is 0.577 bits per heavy atom. The molecule has 0 atom stereocenters. The van der Waals surface area contributed by atoms with Crippen molar-refractivity contribution in [2.75, 3.05) is 0 Å². The topological polar surface area (TPSA) is 17.0 Å². The summed E-state index contributed by atoms with van der Waals surface area (Å²) in [5.74, 6) is 1.83. The van der Waals surface area contributed by atoms with Crippen LogP contribution in [0.1, 0.15) is 0 Å². The molecule has 0 bridgehead atoms. The highest BCUT2D eigenvalue weighted by Gasteiger charge is 2.72. The molecule has 0 unspecified atom stereocenters. The fourth-order valence-corrected chi connectivity index (χ4v) is 4.83. The average molecular weight is 336 g/mol. The van der Waals surface area contributed by atoms with Crippen LogP contribution in [0.4, 0.5) is 11.4 Å². The standard InChI is InChI=1S/C22H14N3O/c1-3-13-23-17(9-1)15-7-5-11-19-21(15)25(23)22-16(8-6-12-20(22)26-19)18-10-2-4-14-24(18)25/h1-14H/q+3. The minimum Gasteiger partial charge on any atom is -0.444 e. The molecule has 2 aromatic heterocycles. The third-order valence-electron chi connectivity index (χ3n) is 5.70. The van der Waals surface area contributed by atoms with E-state index in [-0.39, 0.29) is 0 Å². The van der Waals surface area contributed by atoms with E-state index in [9.17, 15) is 0 Å². The van der Waals surface area contributed by atoms with Crippen molar-refractivity contribution in [1.29, 1.82) is 0 Å². The van der Waals surface area contributed by atoms with Gasteiger partial charge in [-0.3, -0.25) is 0 Å². The van der Waals surface area contributed by atoms with Crippen molar-refractivity contribution < 1.29 is 14.1 Å². The number of hydrogen-bond acceptors (Lipinski definition) is 1. The van der Waals surface area contributed by atoms with Crippen LogP contribution in [0, 0.1) is 0 Å². The minimum atomic E-state index is 0.489. The second kappa shape index (κ2) is 4.00. The molecule has 0 aliphatic carbocycles. The molecule has 0 saturated heterocycles. The van der Waals surface area contributed by atoms with E-state index in [0.717, 1.165) is 11.5 Å². The number of hydrogen-bond donors (Lipinski definition) is 0. The first-order valence-corrected chi connectivity index (χ1v) is 8.78. The normalized spacial score (nSPS) is 15.5. The van der Waals surface area contributed by atoms with Crippen LogP contribution in [0.5, 0.6) is 11.5 Å². The summed E-state index contributed by atoms with van der Waals surface area (Å²) in [4.78, 5) is 0. The molecule has 3 aliphatic heterocycles. The fraction of sp³-hybridized carbons (Fsp3) is 0. The predicted octanol–water partition coefficient (Wildman–Crippen LogP) is 3.89. The van der Waals surface area contributed by atoms with Gasteiger partial charge in [-0.25, -0.2) is 0 Å². The van der Waals surface area contributed by atoms with Gasteiger partial charge in [0.25, 0.3) is 11.4 Å². The van der Waals surface area contributed by atoms with Crippen molar-refractivity contribution in [2.45, 2.75) is 0 Å². The maximum absolute atomic E-state index is 6.37. The van der Waals surface area contributed by atoms with Gasteiger partial charge in [0.15, 0.2) is 4.70 Å². The van der Waals surface area contributed by atoms with E-state index in [2.05, 4.69) is 94.5 Å². The molecule has 4 nitrogen and oxygen atoms in total. The number of nitrogens with zero attached hydrogens (tertiary/aromatic N) is 3. The summed E-state index contributed by atoms with van der Waals surface area (Å²) in [6.45, 7) is 0. The zero-order valence-corrected chi connectivity index (χ0v) is 13.8. The van der Waals surface area contributed by atoms with Crippen LogP contribution < -0.4 is 18.8 Å². The van der Waals surface area contributed by atoms with Gasteiger partial charge in [-0.05, 0) is 36.4 Å². The highest BCUT2D eigenvalue weighted by atomic mass is 16.5. The van der Waals surface area contributed by atoms with Gasteiger partial charge in [0.05, 0.1) is 9.35 Å². The molecular weight excluding hydrogens is 322 g/mol. The molecule has 120 valence electrons. The highest BCUT2D eigenvalue weighted by Crippen LogP contribution is 2.59. The quantitative estimate of drug-likeness (QED) is 0.303. The van der Waals surface area contributed by atoms with Gasteiger partial charge in [-0.2, -0.15) is 0 Å². The summed E-state index contributed by atoms with van der Waals surface area (Å²) in [5, 5.41) is 0. The lowest BCUT2D eigenvalue weighted by molar-refractivity contribution is -1.02. The number of quaternary nitrogens is 1. The molecule has 1 spiro atoms. The van der Waals surface area contributed by atoms with E-state index in [1.807, 2.05) is 0 Å². The van der Waals surface area contributed by atoms with Gasteiger partial charge >= 0.3 is 11.4 Å². The predicted molar refractivity (Wildman–Crippen MR) is 96.5 cm³/mol. The largest absolute Gasteiger partial charge is 0.444 e. The Kier molecular flexibility index (Phi) is 1.97. The third-order valence-corrected chi connectivity index (χ3v) is 5.70. The van der Waals surface area contributed by atoms with E-state index in [4.69, 9.17) is 4.74 Å². The maximum Gasteiger partial charge on any atom is 0.318 e. The van der Waals surface area contributed by atoms with Gasteiger partial charge in [0.2, 0.25) is 23.9 Å². The number of aromatic nitrogens is 2. The number of pyridine rings is 2. The van der Waals surface area contributed by atoms with E-state index >= 15 is 0 Å². The number of fused-ring (bicyclic) bond motifs is 4. The summed E-state index contributed by atoms with van der Waals surface area (Å²) < 4.78 is 11.5. The maximum atomic E-state index is 6.37. The first-order chi connectivity index (χ1) is 12.9. The zero-order chi connectivity index (χ0) is 16.9. The molecule has 3 aliphatic rings. The molecule has 7 rings (SSSR count). The molecule has 0 saturated carbocycles. The van der Waals surface area contributed by atoms with Gasteiger partial charge in [-0.1, -0.05) is 12.1 Å². The van der Waals surface area contributed by atoms with Crippen LogP contribution in [-0.2, 0) is 0 Å². The number of para-hydroxylation sites is 2. The Morgan fingerprint density at radius 3 is 1.65 bits per heavy atom. The summed E-state index contributed by atoms with van der Waals surface area (Å²) >= 11 is 0. The summed E-state index contributed by atoms with van der Waals surface area (Å²) in [7, 11) is 0. The van der Waals surface area contributed by atoms with Crippen LogP contribution >= 0.6 is 0 Å². The van der Waals surface area contributed by atoms with E-state index in [1.165, 1.54) is 33.9 Å². The molecule has 0 fully saturated rings. The van der Waals surface area contributed by atoms with Crippen LogP contribution in [0.25, 0.3) is 22.5 Å². The number of rotatable bonds is 0. The van der Waals surface area contributed by atoms with Crippen molar-refractivity contribution in [3.63, 3.8) is 0 Å².